The number of hydrogen-bond acceptors (Lipinski definition) is 4. The molecule has 0 heterocycles. The summed E-state index contributed by atoms with van der Waals surface area (Å²) in [4.78, 5) is 0.199. The monoisotopic (exact) mass is 350 g/mol. The van der Waals surface area contributed by atoms with Crippen molar-refractivity contribution in [1.29, 1.82) is 0 Å². The number of methoxy groups -OCH3 is 1. The van der Waals surface area contributed by atoms with Crippen molar-refractivity contribution in [3.8, 4) is 0 Å². The Bertz CT molecular complexity index is 599. The number of hydrogen-bond donors (Lipinski definition) is 2. The fraction of sp³-hybridized carbons (Fsp3) is 0.462. The van der Waals surface area contributed by atoms with E-state index in [0.29, 0.717) is 18.6 Å². The van der Waals surface area contributed by atoms with Crippen molar-refractivity contribution in [2.45, 2.75) is 30.7 Å². The van der Waals surface area contributed by atoms with Gasteiger partial charge in [-0.3, -0.25) is 0 Å². The largest absolute Gasteiger partial charge is 0.389 e. The van der Waals surface area contributed by atoms with Crippen LogP contribution in [0.25, 0.3) is 0 Å². The minimum atomic E-state index is -3.67. The van der Waals surface area contributed by atoms with Crippen molar-refractivity contribution >= 4 is 38.8 Å². The molecule has 8 heteroatoms. The molecule has 0 aliphatic carbocycles. The lowest BCUT2D eigenvalue weighted by atomic mass is 10.2. The van der Waals surface area contributed by atoms with E-state index in [9.17, 15) is 8.42 Å². The highest BCUT2D eigenvalue weighted by molar-refractivity contribution is 7.89. The summed E-state index contributed by atoms with van der Waals surface area (Å²) in [7, 11) is -2.13. The van der Waals surface area contributed by atoms with E-state index in [-0.39, 0.29) is 20.9 Å². The first-order chi connectivity index (χ1) is 9.81. The number of nitrogens with two attached hydrogens (primary N) is 1. The molecule has 0 aliphatic heterocycles. The second-order valence-corrected chi connectivity index (χ2v) is 7.13. The van der Waals surface area contributed by atoms with Gasteiger partial charge in [0.1, 0.15) is 4.99 Å². The highest BCUT2D eigenvalue weighted by atomic mass is 35.5. The number of benzene rings is 1. The normalized spacial score (nSPS) is 13.1. The van der Waals surface area contributed by atoms with Crippen molar-refractivity contribution in [3.63, 3.8) is 0 Å². The molecular formula is C13H19ClN2O3S2. The molecule has 0 spiro atoms. The standard InChI is InChI=1S/C13H19ClN2O3S2/c1-3-4-9(8-19-2)16-21(17,18)10-5-6-11(13(15)20)12(14)7-10/h5-7,9,16H,3-4,8H2,1-2H3,(H2,15,20). The highest BCUT2D eigenvalue weighted by Gasteiger charge is 2.20. The molecule has 3 N–H and O–H groups in total. The lowest BCUT2D eigenvalue weighted by Gasteiger charge is -2.17. The molecule has 0 radical (unpaired) electrons. The summed E-state index contributed by atoms with van der Waals surface area (Å²) in [5.41, 5.74) is 5.95. The van der Waals surface area contributed by atoms with Crippen molar-refractivity contribution in [3.05, 3.63) is 28.8 Å². The van der Waals surface area contributed by atoms with E-state index in [1.165, 1.54) is 25.3 Å². The average Bonchev–Trinajstić information content (AvgIpc) is 2.38. The first kappa shape index (κ1) is 18.3. The lowest BCUT2D eigenvalue weighted by Crippen LogP contribution is -2.37. The topological polar surface area (TPSA) is 81.4 Å². The van der Waals surface area contributed by atoms with E-state index in [0.717, 1.165) is 6.42 Å². The molecule has 1 aromatic carbocycles. The van der Waals surface area contributed by atoms with Crippen LogP contribution in [-0.2, 0) is 14.8 Å². The maximum absolute atomic E-state index is 12.3. The SMILES string of the molecule is CCCC(COC)NS(=O)(=O)c1ccc(C(N)=S)c(Cl)c1. The maximum Gasteiger partial charge on any atom is 0.240 e. The molecule has 1 unspecified atom stereocenters. The molecule has 1 aromatic rings. The maximum atomic E-state index is 12.3. The zero-order valence-electron chi connectivity index (χ0n) is 11.9. The van der Waals surface area contributed by atoms with Gasteiger partial charge in [0.2, 0.25) is 10.0 Å². The zero-order chi connectivity index (χ0) is 16.0. The van der Waals surface area contributed by atoms with Gasteiger partial charge in [0.05, 0.1) is 16.5 Å². The second kappa shape index (κ2) is 8.05. The smallest absolute Gasteiger partial charge is 0.240 e. The van der Waals surface area contributed by atoms with Crippen molar-refractivity contribution in [2.24, 2.45) is 5.73 Å². The summed E-state index contributed by atoms with van der Waals surface area (Å²) >= 11 is 10.8. The van der Waals surface area contributed by atoms with Crippen LogP contribution in [-0.4, -0.2) is 33.2 Å². The number of sulfonamides is 1. The van der Waals surface area contributed by atoms with Gasteiger partial charge in [0.15, 0.2) is 0 Å². The minimum absolute atomic E-state index is 0.0738. The quantitative estimate of drug-likeness (QED) is 0.701. The van der Waals surface area contributed by atoms with Crippen molar-refractivity contribution in [1.82, 2.24) is 4.72 Å². The molecule has 1 rings (SSSR count). The highest BCUT2D eigenvalue weighted by Crippen LogP contribution is 2.21. The van der Waals surface area contributed by atoms with Crippen LogP contribution in [0, 0.1) is 0 Å². The third kappa shape index (κ3) is 5.19. The molecule has 21 heavy (non-hydrogen) atoms. The van der Waals surface area contributed by atoms with E-state index < -0.39 is 10.0 Å². The van der Waals surface area contributed by atoms with Crippen LogP contribution < -0.4 is 10.5 Å². The summed E-state index contributed by atoms with van der Waals surface area (Å²) < 4.78 is 32.3. The molecule has 0 bridgehead atoms. The molecule has 0 aromatic heterocycles. The molecule has 0 aliphatic rings. The first-order valence-electron chi connectivity index (χ1n) is 6.42. The van der Waals surface area contributed by atoms with Crippen LogP contribution in [0.2, 0.25) is 5.02 Å². The zero-order valence-corrected chi connectivity index (χ0v) is 14.3. The predicted octanol–water partition coefficient (Wildman–Crippen LogP) is 2.07. The molecule has 0 saturated heterocycles. The molecule has 0 saturated carbocycles. The molecule has 0 fully saturated rings. The number of rotatable bonds is 8. The van der Waals surface area contributed by atoms with E-state index >= 15 is 0 Å². The second-order valence-electron chi connectivity index (χ2n) is 4.57. The van der Waals surface area contributed by atoms with Crippen LogP contribution in [0.15, 0.2) is 23.1 Å². The van der Waals surface area contributed by atoms with Gasteiger partial charge >= 0.3 is 0 Å². The van der Waals surface area contributed by atoms with Gasteiger partial charge in [-0.05, 0) is 24.6 Å². The van der Waals surface area contributed by atoms with Crippen molar-refractivity contribution in [2.75, 3.05) is 13.7 Å². The Morgan fingerprint density at radius 2 is 2.19 bits per heavy atom. The third-order valence-electron chi connectivity index (χ3n) is 2.84. The van der Waals surface area contributed by atoms with E-state index in [2.05, 4.69) is 4.72 Å². The van der Waals surface area contributed by atoms with Crippen LogP contribution in [0.4, 0.5) is 0 Å². The van der Waals surface area contributed by atoms with Gasteiger partial charge in [-0.1, -0.05) is 37.2 Å². The van der Waals surface area contributed by atoms with E-state index in [1.807, 2.05) is 6.92 Å². The molecule has 5 nitrogen and oxygen atoms in total. The Morgan fingerprint density at radius 3 is 2.67 bits per heavy atom. The summed E-state index contributed by atoms with van der Waals surface area (Å²) in [5, 5.41) is 0.212. The molecule has 0 amide bonds. The Morgan fingerprint density at radius 1 is 1.52 bits per heavy atom. The molecule has 118 valence electrons. The molecular weight excluding hydrogens is 332 g/mol. The first-order valence-corrected chi connectivity index (χ1v) is 8.69. The van der Waals surface area contributed by atoms with E-state index in [1.54, 1.807) is 0 Å². The Hall–Kier alpha value is -0.730. The van der Waals surface area contributed by atoms with Crippen molar-refractivity contribution < 1.29 is 13.2 Å². The van der Waals surface area contributed by atoms with Crippen LogP contribution in [0.1, 0.15) is 25.3 Å². The number of thiocarbonyl (C=S) groups is 1. The van der Waals surface area contributed by atoms with Gasteiger partial charge in [0.25, 0.3) is 0 Å². The summed E-state index contributed by atoms with van der Waals surface area (Å²) in [5.74, 6) is 0. The Kier molecular flexibility index (Phi) is 7.02. The lowest BCUT2D eigenvalue weighted by molar-refractivity contribution is 0.171. The summed E-state index contributed by atoms with van der Waals surface area (Å²) in [6, 6.07) is 4.00. The fourth-order valence-electron chi connectivity index (χ4n) is 1.88. The van der Waals surface area contributed by atoms with Gasteiger partial charge in [-0.15, -0.1) is 0 Å². The van der Waals surface area contributed by atoms with Crippen LogP contribution >= 0.6 is 23.8 Å². The van der Waals surface area contributed by atoms with Gasteiger partial charge < -0.3 is 10.5 Å². The Labute approximate surface area is 135 Å². The third-order valence-corrected chi connectivity index (χ3v) is 4.89. The summed E-state index contributed by atoms with van der Waals surface area (Å²) in [6.45, 7) is 2.29. The predicted molar refractivity (Wildman–Crippen MR) is 88.2 cm³/mol. The van der Waals surface area contributed by atoms with Gasteiger partial charge in [-0.2, -0.15) is 0 Å². The van der Waals surface area contributed by atoms with Crippen LogP contribution in [0.3, 0.4) is 0 Å². The Balaban J connectivity index is 3.02. The van der Waals surface area contributed by atoms with Gasteiger partial charge in [-0.25, -0.2) is 13.1 Å². The average molecular weight is 351 g/mol. The van der Waals surface area contributed by atoms with Gasteiger partial charge in [0, 0.05) is 18.7 Å². The fourth-order valence-corrected chi connectivity index (χ4v) is 3.74. The number of nitrogens with one attached hydrogen (secondary N) is 1. The number of ether oxygens (including phenoxy) is 1. The number of halogens is 1. The minimum Gasteiger partial charge on any atom is -0.389 e. The van der Waals surface area contributed by atoms with Crippen LogP contribution in [0.5, 0.6) is 0 Å². The van der Waals surface area contributed by atoms with E-state index in [4.69, 9.17) is 34.3 Å². The molecule has 1 atom stereocenters. The summed E-state index contributed by atoms with van der Waals surface area (Å²) in [6.07, 6.45) is 1.53.